The lowest BCUT2D eigenvalue weighted by atomic mass is 10.0. The Morgan fingerprint density at radius 3 is 2.87 bits per heavy atom. The molecule has 1 unspecified atom stereocenters. The molecule has 1 aliphatic heterocycles. The predicted octanol–water partition coefficient (Wildman–Crippen LogP) is 2.95. The molecule has 0 saturated carbocycles. The zero-order valence-corrected chi connectivity index (χ0v) is 18.1. The van der Waals surface area contributed by atoms with Gasteiger partial charge in [0.25, 0.3) is 0 Å². The average molecular weight is 423 g/mol. The van der Waals surface area contributed by atoms with Crippen LogP contribution in [0.3, 0.4) is 0 Å². The van der Waals surface area contributed by atoms with E-state index in [1.165, 1.54) is 16.3 Å². The fraction of sp³-hybridized carbons (Fsp3) is 0.348. The number of nitrogens with one attached hydrogen (secondary N) is 1. The third kappa shape index (κ3) is 4.52. The largest absolute Gasteiger partial charge is 0.353 e. The second-order valence-corrected chi connectivity index (χ2v) is 8.69. The van der Waals surface area contributed by atoms with Crippen molar-refractivity contribution in [3.05, 3.63) is 64.1 Å². The molecule has 2 aromatic carbocycles. The topological polar surface area (TPSA) is 65.5 Å². The van der Waals surface area contributed by atoms with E-state index in [1.807, 2.05) is 30.5 Å². The van der Waals surface area contributed by atoms with E-state index < -0.39 is 6.04 Å². The Morgan fingerprint density at radius 1 is 1.27 bits per heavy atom. The van der Waals surface area contributed by atoms with Gasteiger partial charge in [0.1, 0.15) is 5.01 Å². The molecule has 156 valence electrons. The Morgan fingerprint density at radius 2 is 2.07 bits per heavy atom. The van der Waals surface area contributed by atoms with Crippen molar-refractivity contribution in [1.82, 2.24) is 20.1 Å². The van der Waals surface area contributed by atoms with Crippen LogP contribution >= 0.6 is 11.3 Å². The Bertz CT molecular complexity index is 1060. The summed E-state index contributed by atoms with van der Waals surface area (Å²) in [5.74, 6) is -0.124. The van der Waals surface area contributed by atoms with Crippen LogP contribution in [0, 0.1) is 6.92 Å². The van der Waals surface area contributed by atoms with E-state index in [1.54, 1.807) is 23.3 Å². The van der Waals surface area contributed by atoms with Gasteiger partial charge in [-0.05, 0) is 23.3 Å². The van der Waals surface area contributed by atoms with Crippen molar-refractivity contribution in [2.75, 3.05) is 20.1 Å². The highest BCUT2D eigenvalue weighted by Crippen LogP contribution is 2.22. The summed E-state index contributed by atoms with van der Waals surface area (Å²) in [6.07, 6.45) is 0.164. The van der Waals surface area contributed by atoms with Gasteiger partial charge >= 0.3 is 0 Å². The van der Waals surface area contributed by atoms with Gasteiger partial charge < -0.3 is 10.2 Å². The molecular formula is C23H26N4O2S. The summed E-state index contributed by atoms with van der Waals surface area (Å²) in [5, 5.41) is 8.18. The third-order valence-electron chi connectivity index (χ3n) is 5.53. The van der Waals surface area contributed by atoms with Crippen LogP contribution in [0.5, 0.6) is 0 Å². The Hall–Kier alpha value is -2.77. The fourth-order valence-electron chi connectivity index (χ4n) is 3.91. The number of amides is 2. The smallest absolute Gasteiger partial charge is 0.237 e. The summed E-state index contributed by atoms with van der Waals surface area (Å²) in [4.78, 5) is 33.7. The van der Waals surface area contributed by atoms with Gasteiger partial charge in [0, 0.05) is 37.8 Å². The van der Waals surface area contributed by atoms with Crippen molar-refractivity contribution in [3.63, 3.8) is 0 Å². The van der Waals surface area contributed by atoms with Gasteiger partial charge in [0.05, 0.1) is 19.0 Å². The van der Waals surface area contributed by atoms with Crippen LogP contribution < -0.4 is 5.32 Å². The zero-order valence-electron chi connectivity index (χ0n) is 17.3. The number of aryl methyl sites for hydroxylation is 1. The molecule has 1 atom stereocenters. The highest BCUT2D eigenvalue weighted by atomic mass is 32.1. The number of fused-ring (bicyclic) bond motifs is 1. The quantitative estimate of drug-likeness (QED) is 0.663. The maximum atomic E-state index is 12.9. The summed E-state index contributed by atoms with van der Waals surface area (Å²) in [6.45, 7) is 4.38. The molecule has 1 fully saturated rings. The van der Waals surface area contributed by atoms with E-state index in [9.17, 15) is 9.59 Å². The molecule has 1 aromatic heterocycles. The van der Waals surface area contributed by atoms with Gasteiger partial charge in [-0.1, -0.05) is 42.5 Å². The summed E-state index contributed by atoms with van der Waals surface area (Å²) in [7, 11) is 1.77. The monoisotopic (exact) mass is 422 g/mol. The second-order valence-electron chi connectivity index (χ2n) is 7.75. The van der Waals surface area contributed by atoms with E-state index in [4.69, 9.17) is 0 Å². The van der Waals surface area contributed by atoms with E-state index in [2.05, 4.69) is 39.5 Å². The average Bonchev–Trinajstić information content (AvgIpc) is 3.15. The molecule has 1 aliphatic rings. The van der Waals surface area contributed by atoms with Crippen molar-refractivity contribution in [3.8, 4) is 0 Å². The number of rotatable bonds is 6. The molecule has 1 saturated heterocycles. The Labute approximate surface area is 180 Å². The zero-order chi connectivity index (χ0) is 21.1. The van der Waals surface area contributed by atoms with Crippen molar-refractivity contribution in [2.24, 2.45) is 0 Å². The van der Waals surface area contributed by atoms with Gasteiger partial charge in [-0.15, -0.1) is 11.3 Å². The molecule has 0 bridgehead atoms. The number of benzene rings is 2. The van der Waals surface area contributed by atoms with Crippen molar-refractivity contribution < 1.29 is 9.59 Å². The van der Waals surface area contributed by atoms with Crippen LogP contribution in [0.25, 0.3) is 10.8 Å². The number of carbonyl (C=O) groups excluding carboxylic acids is 2. The fourth-order valence-corrected chi connectivity index (χ4v) is 4.73. The number of hydrogen-bond acceptors (Lipinski definition) is 5. The summed E-state index contributed by atoms with van der Waals surface area (Å²) in [5.41, 5.74) is 2.13. The first-order valence-corrected chi connectivity index (χ1v) is 11.0. The normalized spacial score (nSPS) is 17.1. The molecule has 0 radical (unpaired) electrons. The number of aromatic nitrogens is 1. The number of thiazole rings is 1. The molecule has 6 nitrogen and oxygen atoms in total. The van der Waals surface area contributed by atoms with E-state index in [0.29, 0.717) is 19.6 Å². The molecule has 7 heteroatoms. The van der Waals surface area contributed by atoms with Crippen molar-refractivity contribution >= 4 is 33.9 Å². The van der Waals surface area contributed by atoms with E-state index in [-0.39, 0.29) is 18.2 Å². The second kappa shape index (κ2) is 8.93. The molecule has 2 heterocycles. The van der Waals surface area contributed by atoms with Crippen molar-refractivity contribution in [2.45, 2.75) is 32.5 Å². The highest BCUT2D eigenvalue weighted by Gasteiger charge is 2.32. The first kappa shape index (κ1) is 20.5. The van der Waals surface area contributed by atoms with E-state index in [0.717, 1.165) is 17.2 Å². The number of nitrogens with zero attached hydrogens (tertiary/aromatic N) is 3. The molecule has 1 N–H and O–H groups in total. The lowest BCUT2D eigenvalue weighted by Gasteiger charge is -2.35. The van der Waals surface area contributed by atoms with Crippen LogP contribution in [0.1, 0.15) is 22.7 Å². The Kier molecular flexibility index (Phi) is 6.11. The molecule has 30 heavy (non-hydrogen) atoms. The highest BCUT2D eigenvalue weighted by molar-refractivity contribution is 7.09. The summed E-state index contributed by atoms with van der Waals surface area (Å²) in [6, 6.07) is 14.0. The lowest BCUT2D eigenvalue weighted by Crippen LogP contribution is -2.56. The standard InChI is InChI=1S/C23H26N4O2S/c1-16-15-30-21(25-16)14-26(2)22(28)12-20-23(29)24-10-11-27(20)13-18-8-5-7-17-6-3-4-9-19(17)18/h3-9,15,20H,10-14H2,1-2H3,(H,24,29). The van der Waals surface area contributed by atoms with Gasteiger partial charge in [0.2, 0.25) is 11.8 Å². The maximum Gasteiger partial charge on any atom is 0.237 e. The lowest BCUT2D eigenvalue weighted by molar-refractivity contribution is -0.138. The van der Waals surface area contributed by atoms with Gasteiger partial charge in [-0.25, -0.2) is 4.98 Å². The molecule has 3 aromatic rings. The summed E-state index contributed by atoms with van der Waals surface area (Å²) < 4.78 is 0. The van der Waals surface area contributed by atoms with Crippen LogP contribution in [0.2, 0.25) is 0 Å². The SMILES string of the molecule is Cc1csc(CN(C)C(=O)CC2C(=O)NCCN2Cc2cccc3ccccc23)n1. The summed E-state index contributed by atoms with van der Waals surface area (Å²) >= 11 is 1.55. The minimum absolute atomic E-state index is 0.0483. The minimum Gasteiger partial charge on any atom is -0.353 e. The third-order valence-corrected chi connectivity index (χ3v) is 6.48. The first-order valence-electron chi connectivity index (χ1n) is 10.1. The Balaban J connectivity index is 1.48. The van der Waals surface area contributed by atoms with Crippen LogP contribution in [-0.2, 0) is 22.7 Å². The minimum atomic E-state index is -0.467. The van der Waals surface area contributed by atoms with Crippen LogP contribution in [0.4, 0.5) is 0 Å². The number of carbonyl (C=O) groups is 2. The van der Waals surface area contributed by atoms with Gasteiger partial charge in [0.15, 0.2) is 0 Å². The van der Waals surface area contributed by atoms with Crippen molar-refractivity contribution in [1.29, 1.82) is 0 Å². The van der Waals surface area contributed by atoms with Crippen LogP contribution in [-0.4, -0.2) is 52.8 Å². The van der Waals surface area contributed by atoms with Gasteiger partial charge in [-0.2, -0.15) is 0 Å². The van der Waals surface area contributed by atoms with Crippen LogP contribution in [0.15, 0.2) is 47.8 Å². The predicted molar refractivity (Wildman–Crippen MR) is 119 cm³/mol. The molecule has 2 amide bonds. The molecule has 0 spiro atoms. The first-order chi connectivity index (χ1) is 14.5. The van der Waals surface area contributed by atoms with E-state index >= 15 is 0 Å². The van der Waals surface area contributed by atoms with Gasteiger partial charge in [-0.3, -0.25) is 14.5 Å². The molecule has 4 rings (SSSR count). The molecular weight excluding hydrogens is 396 g/mol. The number of piperazine rings is 1. The number of hydrogen-bond donors (Lipinski definition) is 1. The molecule has 0 aliphatic carbocycles. The maximum absolute atomic E-state index is 12.9.